The Morgan fingerprint density at radius 2 is 2.11 bits per heavy atom. The second kappa shape index (κ2) is 4.30. The van der Waals surface area contributed by atoms with Gasteiger partial charge in [-0.25, -0.2) is 0 Å². The molecule has 98 valence electrons. The highest BCUT2D eigenvalue weighted by Gasteiger charge is 2.41. The van der Waals surface area contributed by atoms with Crippen molar-refractivity contribution < 1.29 is 4.79 Å². The Morgan fingerprint density at radius 1 is 1.44 bits per heavy atom. The van der Waals surface area contributed by atoms with Crippen molar-refractivity contribution in [2.45, 2.75) is 45.6 Å². The molecule has 2 N–H and O–H groups in total. The van der Waals surface area contributed by atoms with E-state index in [1.165, 1.54) is 16.8 Å². The molecule has 1 aromatic rings. The normalized spacial score (nSPS) is 20.9. The lowest BCUT2D eigenvalue weighted by Gasteiger charge is -2.31. The number of aryl methyl sites for hydroxylation is 1. The fourth-order valence-electron chi connectivity index (χ4n) is 2.78. The van der Waals surface area contributed by atoms with Crippen LogP contribution in [0, 0.1) is 6.92 Å². The maximum absolute atomic E-state index is 11.0. The molecule has 1 amide bonds. The summed E-state index contributed by atoms with van der Waals surface area (Å²) in [4.78, 5) is 13.3. The Balaban J connectivity index is 2.37. The number of benzene rings is 1. The van der Waals surface area contributed by atoms with Crippen molar-refractivity contribution >= 4 is 11.6 Å². The van der Waals surface area contributed by atoms with E-state index >= 15 is 0 Å². The fourth-order valence-corrected chi connectivity index (χ4v) is 2.78. The molecule has 1 heterocycles. The maximum atomic E-state index is 11.0. The first kappa shape index (κ1) is 12.9. The molecule has 0 bridgehead atoms. The van der Waals surface area contributed by atoms with E-state index in [2.05, 4.69) is 50.8 Å². The third-order valence-corrected chi connectivity index (χ3v) is 4.27. The van der Waals surface area contributed by atoms with Crippen molar-refractivity contribution in [1.82, 2.24) is 0 Å². The Labute approximate surface area is 109 Å². The van der Waals surface area contributed by atoms with Gasteiger partial charge in [-0.15, -0.1) is 0 Å². The molecule has 1 aliphatic heterocycles. The molecule has 0 spiro atoms. The predicted octanol–water partition coefficient (Wildman–Crippen LogP) is 2.36. The van der Waals surface area contributed by atoms with Crippen molar-refractivity contribution in [3.8, 4) is 0 Å². The molecule has 0 aliphatic carbocycles. The minimum absolute atomic E-state index is 0.110. The summed E-state index contributed by atoms with van der Waals surface area (Å²) >= 11 is 0. The second-order valence-electron chi connectivity index (χ2n) is 5.83. The Hall–Kier alpha value is -1.51. The van der Waals surface area contributed by atoms with Crippen LogP contribution in [-0.2, 0) is 10.2 Å². The molecule has 0 radical (unpaired) electrons. The monoisotopic (exact) mass is 246 g/mol. The largest absolute Gasteiger partial charge is 0.370 e. The summed E-state index contributed by atoms with van der Waals surface area (Å²) in [6.07, 6.45) is 0.410. The van der Waals surface area contributed by atoms with Crippen LogP contribution in [0.15, 0.2) is 18.2 Å². The van der Waals surface area contributed by atoms with Gasteiger partial charge in [0.25, 0.3) is 0 Å². The van der Waals surface area contributed by atoms with E-state index < -0.39 is 0 Å². The zero-order chi connectivity index (χ0) is 13.5. The summed E-state index contributed by atoms with van der Waals surface area (Å²) in [7, 11) is 0. The average molecular weight is 246 g/mol. The molecule has 0 unspecified atom stereocenters. The zero-order valence-corrected chi connectivity index (χ0v) is 11.7. The lowest BCUT2D eigenvalue weighted by Crippen LogP contribution is -2.40. The van der Waals surface area contributed by atoms with Crippen molar-refractivity contribution in [3.63, 3.8) is 0 Å². The van der Waals surface area contributed by atoms with Gasteiger partial charge >= 0.3 is 0 Å². The molecular formula is C15H22N2O. The summed E-state index contributed by atoms with van der Waals surface area (Å²) in [5.74, 6) is -0.236. The number of nitrogens with zero attached hydrogens (tertiary/aromatic N) is 1. The van der Waals surface area contributed by atoms with Gasteiger partial charge in [-0.2, -0.15) is 0 Å². The first-order chi connectivity index (χ1) is 8.34. The molecule has 2 rings (SSSR count). The molecule has 1 aromatic carbocycles. The number of primary amides is 1. The predicted molar refractivity (Wildman–Crippen MR) is 74.8 cm³/mol. The number of nitrogens with two attached hydrogens (primary N) is 1. The van der Waals surface area contributed by atoms with E-state index in [-0.39, 0.29) is 11.3 Å². The van der Waals surface area contributed by atoms with Crippen LogP contribution < -0.4 is 10.6 Å². The van der Waals surface area contributed by atoms with Crippen molar-refractivity contribution in [3.05, 3.63) is 29.3 Å². The van der Waals surface area contributed by atoms with Gasteiger partial charge < -0.3 is 10.6 Å². The van der Waals surface area contributed by atoms with Gasteiger partial charge in [0.2, 0.25) is 5.91 Å². The Bertz CT molecular complexity index is 479. The molecule has 1 aliphatic rings. The number of carbonyl (C=O) groups excluding carboxylic acids is 1. The van der Waals surface area contributed by atoms with Gasteiger partial charge in [0.05, 0.1) is 0 Å². The highest BCUT2D eigenvalue weighted by Crippen LogP contribution is 2.45. The number of fused-ring (bicyclic) bond motifs is 1. The van der Waals surface area contributed by atoms with Gasteiger partial charge in [-0.05, 0) is 25.5 Å². The number of hydrogen-bond acceptors (Lipinski definition) is 2. The summed E-state index contributed by atoms with van der Waals surface area (Å²) < 4.78 is 0. The molecule has 0 fully saturated rings. The molecule has 0 saturated carbocycles. The summed E-state index contributed by atoms with van der Waals surface area (Å²) in [6.45, 7) is 9.57. The SMILES string of the molecule is Cc1ccc2c(c1)C(C)(C)[C@H](C)N2CCC(N)=O. The molecular weight excluding hydrogens is 224 g/mol. The summed E-state index contributed by atoms with van der Waals surface area (Å²) in [6, 6.07) is 6.94. The average Bonchev–Trinajstić information content (AvgIpc) is 2.46. The van der Waals surface area contributed by atoms with Crippen LogP contribution in [0.5, 0.6) is 0 Å². The molecule has 3 nitrogen and oxygen atoms in total. The third-order valence-electron chi connectivity index (χ3n) is 4.27. The molecule has 3 heteroatoms. The Kier molecular flexibility index (Phi) is 3.09. The topological polar surface area (TPSA) is 46.3 Å². The highest BCUT2D eigenvalue weighted by atomic mass is 16.1. The second-order valence-corrected chi connectivity index (χ2v) is 5.83. The zero-order valence-electron chi connectivity index (χ0n) is 11.7. The van der Waals surface area contributed by atoms with Crippen molar-refractivity contribution in [2.24, 2.45) is 5.73 Å². The van der Waals surface area contributed by atoms with Gasteiger partial charge in [0, 0.05) is 30.1 Å². The van der Waals surface area contributed by atoms with E-state index in [9.17, 15) is 4.79 Å². The van der Waals surface area contributed by atoms with Gasteiger partial charge in [-0.3, -0.25) is 4.79 Å². The molecule has 18 heavy (non-hydrogen) atoms. The number of rotatable bonds is 3. The van der Waals surface area contributed by atoms with Crippen LogP contribution >= 0.6 is 0 Å². The molecule has 0 saturated heterocycles. The first-order valence-electron chi connectivity index (χ1n) is 6.50. The quantitative estimate of drug-likeness (QED) is 0.890. The van der Waals surface area contributed by atoms with E-state index in [1.54, 1.807) is 0 Å². The van der Waals surface area contributed by atoms with Crippen LogP contribution in [-0.4, -0.2) is 18.5 Å². The number of anilines is 1. The lowest BCUT2D eigenvalue weighted by atomic mass is 9.81. The van der Waals surface area contributed by atoms with Crippen LogP contribution in [0.1, 0.15) is 38.3 Å². The smallest absolute Gasteiger partial charge is 0.219 e. The minimum atomic E-state index is -0.236. The van der Waals surface area contributed by atoms with E-state index in [1.807, 2.05) is 0 Å². The van der Waals surface area contributed by atoms with Crippen molar-refractivity contribution in [2.75, 3.05) is 11.4 Å². The summed E-state index contributed by atoms with van der Waals surface area (Å²) in [5, 5.41) is 0. The van der Waals surface area contributed by atoms with Crippen molar-refractivity contribution in [1.29, 1.82) is 0 Å². The van der Waals surface area contributed by atoms with E-state index in [0.29, 0.717) is 19.0 Å². The van der Waals surface area contributed by atoms with Gasteiger partial charge in [0.15, 0.2) is 0 Å². The van der Waals surface area contributed by atoms with Crippen LogP contribution in [0.3, 0.4) is 0 Å². The highest BCUT2D eigenvalue weighted by molar-refractivity contribution is 5.75. The maximum Gasteiger partial charge on any atom is 0.219 e. The molecule has 0 aromatic heterocycles. The van der Waals surface area contributed by atoms with E-state index in [4.69, 9.17) is 5.73 Å². The van der Waals surface area contributed by atoms with Gasteiger partial charge in [0.1, 0.15) is 0 Å². The molecule has 1 atom stereocenters. The fraction of sp³-hybridized carbons (Fsp3) is 0.533. The Morgan fingerprint density at radius 3 is 2.72 bits per heavy atom. The number of hydrogen-bond donors (Lipinski definition) is 1. The standard InChI is InChI=1S/C15H22N2O/c1-10-5-6-13-12(9-10)15(3,4)11(2)17(13)8-7-14(16)18/h5-6,9,11H,7-8H2,1-4H3,(H2,16,18)/t11-/m0/s1. The van der Waals surface area contributed by atoms with Gasteiger partial charge in [-0.1, -0.05) is 31.5 Å². The number of amides is 1. The summed E-state index contributed by atoms with van der Waals surface area (Å²) in [5.41, 5.74) is 9.28. The van der Waals surface area contributed by atoms with Crippen LogP contribution in [0.4, 0.5) is 5.69 Å². The third kappa shape index (κ3) is 1.98. The lowest BCUT2D eigenvalue weighted by molar-refractivity contribution is -0.117. The van der Waals surface area contributed by atoms with E-state index in [0.717, 1.165) is 0 Å². The van der Waals surface area contributed by atoms with Crippen LogP contribution in [0.25, 0.3) is 0 Å². The number of carbonyl (C=O) groups is 1. The minimum Gasteiger partial charge on any atom is -0.370 e. The first-order valence-corrected chi connectivity index (χ1v) is 6.50. The van der Waals surface area contributed by atoms with Crippen LogP contribution in [0.2, 0.25) is 0 Å².